The highest BCUT2D eigenvalue weighted by atomic mass is 15.3. The van der Waals surface area contributed by atoms with Crippen LogP contribution in [0.25, 0.3) is 0 Å². The fourth-order valence-corrected chi connectivity index (χ4v) is 3.14. The minimum absolute atomic E-state index is 0.655. The molecule has 0 aromatic rings. The van der Waals surface area contributed by atoms with E-state index in [0.29, 0.717) is 6.04 Å². The average molecular weight is 239 g/mol. The van der Waals surface area contributed by atoms with Gasteiger partial charge in [0.05, 0.1) is 0 Å². The van der Waals surface area contributed by atoms with Gasteiger partial charge in [-0.1, -0.05) is 12.8 Å². The number of nitrogens with zero attached hydrogens (tertiary/aromatic N) is 2. The molecule has 0 amide bonds. The van der Waals surface area contributed by atoms with E-state index in [9.17, 15) is 0 Å². The van der Waals surface area contributed by atoms with Gasteiger partial charge < -0.3 is 10.2 Å². The molecule has 1 aliphatic carbocycles. The summed E-state index contributed by atoms with van der Waals surface area (Å²) in [5, 5.41) is 3.32. The van der Waals surface area contributed by atoms with E-state index in [1.165, 1.54) is 64.8 Å². The molecule has 100 valence electrons. The third kappa shape index (κ3) is 3.94. The maximum Gasteiger partial charge on any atom is 0.0113 e. The van der Waals surface area contributed by atoms with Gasteiger partial charge in [0.15, 0.2) is 0 Å². The summed E-state index contributed by atoms with van der Waals surface area (Å²) >= 11 is 0. The molecule has 1 aliphatic heterocycles. The summed E-state index contributed by atoms with van der Waals surface area (Å²) < 4.78 is 0. The smallest absolute Gasteiger partial charge is 0.0113 e. The number of piperazine rings is 1. The number of rotatable bonds is 5. The van der Waals surface area contributed by atoms with Crippen molar-refractivity contribution in [1.29, 1.82) is 0 Å². The van der Waals surface area contributed by atoms with Gasteiger partial charge >= 0.3 is 0 Å². The fourth-order valence-electron chi connectivity index (χ4n) is 3.14. The monoisotopic (exact) mass is 239 g/mol. The quantitative estimate of drug-likeness (QED) is 0.785. The second kappa shape index (κ2) is 6.72. The van der Waals surface area contributed by atoms with Crippen molar-refractivity contribution in [2.24, 2.45) is 0 Å². The molecular weight excluding hydrogens is 210 g/mol. The van der Waals surface area contributed by atoms with Gasteiger partial charge in [0.2, 0.25) is 0 Å². The minimum atomic E-state index is 0.655. The second-order valence-corrected chi connectivity index (χ2v) is 5.79. The van der Waals surface area contributed by atoms with E-state index in [4.69, 9.17) is 0 Å². The standard InChI is InChI=1S/C14H29N3/c1-13(15-2)7-8-16-9-11-17(12-10-16)14-5-3-4-6-14/h13-15H,3-12H2,1-2H3. The zero-order valence-corrected chi connectivity index (χ0v) is 11.6. The zero-order valence-electron chi connectivity index (χ0n) is 11.6. The van der Waals surface area contributed by atoms with Gasteiger partial charge in [-0.2, -0.15) is 0 Å². The van der Waals surface area contributed by atoms with Crippen LogP contribution in [0.15, 0.2) is 0 Å². The summed E-state index contributed by atoms with van der Waals surface area (Å²) in [7, 11) is 2.06. The first-order valence-electron chi connectivity index (χ1n) is 7.43. The molecular formula is C14H29N3. The van der Waals surface area contributed by atoms with Gasteiger partial charge in [-0.25, -0.2) is 0 Å². The van der Waals surface area contributed by atoms with Crippen molar-refractivity contribution in [3.05, 3.63) is 0 Å². The van der Waals surface area contributed by atoms with Gasteiger partial charge in [0.25, 0.3) is 0 Å². The van der Waals surface area contributed by atoms with Crippen molar-refractivity contribution in [2.75, 3.05) is 39.8 Å². The fraction of sp³-hybridized carbons (Fsp3) is 1.00. The third-order valence-corrected chi connectivity index (χ3v) is 4.62. The van der Waals surface area contributed by atoms with Crippen molar-refractivity contribution in [3.63, 3.8) is 0 Å². The number of hydrogen-bond donors (Lipinski definition) is 1. The number of hydrogen-bond acceptors (Lipinski definition) is 3. The topological polar surface area (TPSA) is 18.5 Å². The van der Waals surface area contributed by atoms with E-state index in [0.717, 1.165) is 6.04 Å². The molecule has 1 saturated heterocycles. The Morgan fingerprint density at radius 3 is 2.35 bits per heavy atom. The molecule has 17 heavy (non-hydrogen) atoms. The first-order chi connectivity index (χ1) is 8.29. The van der Waals surface area contributed by atoms with E-state index in [1.807, 2.05) is 0 Å². The molecule has 0 aromatic heterocycles. The zero-order chi connectivity index (χ0) is 12.1. The summed E-state index contributed by atoms with van der Waals surface area (Å²) in [6, 6.07) is 1.58. The molecule has 1 unspecified atom stereocenters. The van der Waals surface area contributed by atoms with Crippen molar-refractivity contribution >= 4 is 0 Å². The van der Waals surface area contributed by atoms with Crippen LogP contribution in [0.5, 0.6) is 0 Å². The highest BCUT2D eigenvalue weighted by Gasteiger charge is 2.25. The van der Waals surface area contributed by atoms with Crippen LogP contribution < -0.4 is 5.32 Å². The normalized spacial score (nSPS) is 26.5. The van der Waals surface area contributed by atoms with E-state index < -0.39 is 0 Å². The van der Waals surface area contributed by atoms with Crippen LogP contribution in [0.4, 0.5) is 0 Å². The molecule has 0 aromatic carbocycles. The summed E-state index contributed by atoms with van der Waals surface area (Å²) in [5.41, 5.74) is 0. The lowest BCUT2D eigenvalue weighted by molar-refractivity contribution is 0.0957. The Kier molecular flexibility index (Phi) is 5.26. The molecule has 1 saturated carbocycles. The van der Waals surface area contributed by atoms with E-state index in [-0.39, 0.29) is 0 Å². The predicted octanol–water partition coefficient (Wildman–Crippen LogP) is 1.54. The van der Waals surface area contributed by atoms with Crippen LogP contribution in [0.1, 0.15) is 39.0 Å². The van der Waals surface area contributed by atoms with E-state index >= 15 is 0 Å². The lowest BCUT2D eigenvalue weighted by Crippen LogP contribution is -2.50. The van der Waals surface area contributed by atoms with Crippen LogP contribution in [-0.2, 0) is 0 Å². The minimum Gasteiger partial charge on any atom is -0.317 e. The average Bonchev–Trinajstić information content (AvgIpc) is 2.90. The Labute approximate surface area is 107 Å². The summed E-state index contributed by atoms with van der Waals surface area (Å²) in [6.07, 6.45) is 7.11. The molecule has 1 heterocycles. The van der Waals surface area contributed by atoms with Gasteiger partial charge in [0.1, 0.15) is 0 Å². The molecule has 2 rings (SSSR count). The van der Waals surface area contributed by atoms with Crippen LogP contribution in [-0.4, -0.2) is 61.7 Å². The maximum absolute atomic E-state index is 3.32. The van der Waals surface area contributed by atoms with Crippen molar-refractivity contribution < 1.29 is 0 Å². The van der Waals surface area contributed by atoms with Crippen molar-refractivity contribution in [3.8, 4) is 0 Å². The molecule has 3 heteroatoms. The third-order valence-electron chi connectivity index (χ3n) is 4.62. The van der Waals surface area contributed by atoms with Gasteiger partial charge in [-0.05, 0) is 39.8 Å². The maximum atomic E-state index is 3.32. The Morgan fingerprint density at radius 2 is 1.76 bits per heavy atom. The van der Waals surface area contributed by atoms with Crippen LogP contribution in [0.2, 0.25) is 0 Å². The molecule has 1 atom stereocenters. The molecule has 0 bridgehead atoms. The van der Waals surface area contributed by atoms with Gasteiger partial charge in [-0.15, -0.1) is 0 Å². The van der Waals surface area contributed by atoms with Gasteiger partial charge in [-0.3, -0.25) is 4.90 Å². The van der Waals surface area contributed by atoms with E-state index in [1.54, 1.807) is 0 Å². The first-order valence-corrected chi connectivity index (χ1v) is 7.43. The second-order valence-electron chi connectivity index (χ2n) is 5.79. The Hall–Kier alpha value is -0.120. The largest absolute Gasteiger partial charge is 0.317 e. The molecule has 2 aliphatic rings. The summed E-state index contributed by atoms with van der Waals surface area (Å²) in [4.78, 5) is 5.38. The van der Waals surface area contributed by atoms with Gasteiger partial charge in [0, 0.05) is 38.3 Å². The summed E-state index contributed by atoms with van der Waals surface area (Å²) in [6.45, 7) is 8.71. The highest BCUT2D eigenvalue weighted by Crippen LogP contribution is 2.24. The Balaban J connectivity index is 1.63. The molecule has 1 N–H and O–H groups in total. The highest BCUT2D eigenvalue weighted by molar-refractivity contribution is 4.82. The predicted molar refractivity (Wildman–Crippen MR) is 73.4 cm³/mol. The lowest BCUT2D eigenvalue weighted by Gasteiger charge is -2.38. The SMILES string of the molecule is CNC(C)CCN1CCN(C2CCCC2)CC1. The molecule has 2 fully saturated rings. The number of nitrogens with one attached hydrogen (secondary N) is 1. The van der Waals surface area contributed by atoms with Crippen LogP contribution >= 0.6 is 0 Å². The Bertz CT molecular complexity index is 206. The summed E-state index contributed by atoms with van der Waals surface area (Å²) in [5.74, 6) is 0. The van der Waals surface area contributed by atoms with Crippen LogP contribution in [0.3, 0.4) is 0 Å². The molecule has 0 radical (unpaired) electrons. The first kappa shape index (κ1) is 13.3. The molecule has 3 nitrogen and oxygen atoms in total. The van der Waals surface area contributed by atoms with Crippen molar-refractivity contribution in [1.82, 2.24) is 15.1 Å². The molecule has 0 spiro atoms. The Morgan fingerprint density at radius 1 is 1.12 bits per heavy atom. The van der Waals surface area contributed by atoms with Crippen molar-refractivity contribution in [2.45, 2.75) is 51.1 Å². The van der Waals surface area contributed by atoms with Crippen LogP contribution in [0, 0.1) is 0 Å². The van der Waals surface area contributed by atoms with E-state index in [2.05, 4.69) is 29.1 Å². The lowest BCUT2D eigenvalue weighted by atomic mass is 10.1.